The van der Waals surface area contributed by atoms with Crippen LogP contribution in [0, 0.1) is 0 Å². The maximum Gasteiger partial charge on any atom is 0.434 e. The fraction of sp³-hybridized carbons (Fsp3) is 0.217. The molecule has 0 spiro atoms. The molecule has 0 unspecified atom stereocenters. The van der Waals surface area contributed by atoms with Gasteiger partial charge in [-0.2, -0.15) is 18.3 Å². The Hall–Kier alpha value is -4.19. The van der Waals surface area contributed by atoms with Crippen LogP contribution >= 0.6 is 0 Å². The van der Waals surface area contributed by atoms with Crippen LogP contribution in [-0.2, 0) is 10.9 Å². The van der Waals surface area contributed by atoms with Gasteiger partial charge in [0.2, 0.25) is 0 Å². The summed E-state index contributed by atoms with van der Waals surface area (Å²) < 4.78 is 48.5. The van der Waals surface area contributed by atoms with Crippen LogP contribution in [0.3, 0.4) is 0 Å². The van der Waals surface area contributed by atoms with Crippen molar-refractivity contribution in [3.63, 3.8) is 0 Å². The van der Waals surface area contributed by atoms with Crippen molar-refractivity contribution in [3.05, 3.63) is 76.6 Å². The molecule has 1 aliphatic rings. The van der Waals surface area contributed by atoms with E-state index in [4.69, 9.17) is 4.74 Å². The first kappa shape index (κ1) is 22.6. The fourth-order valence-electron chi connectivity index (χ4n) is 4.02. The Morgan fingerprint density at radius 2 is 1.91 bits per heavy atom. The predicted molar refractivity (Wildman–Crippen MR) is 122 cm³/mol. The van der Waals surface area contributed by atoms with Gasteiger partial charge in [-0.3, -0.25) is 9.59 Å². The highest BCUT2D eigenvalue weighted by atomic mass is 19.4. The maximum atomic E-state index is 14.2. The number of nitrogens with zero attached hydrogens (tertiary/aromatic N) is 4. The number of morpholine rings is 1. The molecule has 1 aliphatic heterocycles. The second-order valence-corrected chi connectivity index (χ2v) is 7.82. The molecule has 1 amide bonds. The van der Waals surface area contributed by atoms with Crippen molar-refractivity contribution in [2.75, 3.05) is 36.5 Å². The number of aromatic amines is 1. The number of hydrogen-bond donors (Lipinski definition) is 2. The SMILES string of the molecule is O=C(Nc1ccnc(N2CCOCC2)c1)c1cnn(-c2cccc3c(=O)[nH]ccc23)c1C(F)(F)F. The molecule has 9 nitrogen and oxygen atoms in total. The standard InChI is InChI=1S/C23H19F3N6O3/c24-23(25,26)20-17(13-29-32(20)18-3-1-2-16-15(18)5-7-28-21(16)33)22(34)30-14-4-6-27-19(12-14)31-8-10-35-11-9-31/h1-7,12-13H,8-11H2,(H,28,33)(H,27,30,34). The summed E-state index contributed by atoms with van der Waals surface area (Å²) in [7, 11) is 0. The van der Waals surface area contributed by atoms with E-state index in [2.05, 4.69) is 20.4 Å². The van der Waals surface area contributed by atoms with Crippen molar-refractivity contribution in [2.24, 2.45) is 0 Å². The van der Waals surface area contributed by atoms with Gasteiger partial charge in [-0.05, 0) is 24.3 Å². The third-order valence-electron chi connectivity index (χ3n) is 5.64. The molecule has 5 rings (SSSR count). The van der Waals surface area contributed by atoms with Crippen molar-refractivity contribution in [2.45, 2.75) is 6.18 Å². The number of H-pyrrole nitrogens is 1. The minimum atomic E-state index is -4.90. The van der Waals surface area contributed by atoms with Crippen LogP contribution in [0.4, 0.5) is 24.7 Å². The number of pyridine rings is 2. The summed E-state index contributed by atoms with van der Waals surface area (Å²) >= 11 is 0. The normalized spacial score (nSPS) is 14.3. The molecule has 2 N–H and O–H groups in total. The lowest BCUT2D eigenvalue weighted by Crippen LogP contribution is -2.36. The Morgan fingerprint density at radius 3 is 2.69 bits per heavy atom. The largest absolute Gasteiger partial charge is 0.434 e. The Labute approximate surface area is 196 Å². The molecule has 1 fully saturated rings. The summed E-state index contributed by atoms with van der Waals surface area (Å²) in [5.74, 6) is -0.389. The molecule has 4 heterocycles. The molecule has 0 atom stereocenters. The second-order valence-electron chi connectivity index (χ2n) is 7.82. The number of benzene rings is 1. The van der Waals surface area contributed by atoms with Gasteiger partial charge in [0, 0.05) is 48.0 Å². The van der Waals surface area contributed by atoms with Crippen LogP contribution in [0.1, 0.15) is 16.1 Å². The summed E-state index contributed by atoms with van der Waals surface area (Å²) in [4.78, 5) is 33.8. The van der Waals surface area contributed by atoms with E-state index in [-0.39, 0.29) is 16.5 Å². The molecule has 1 aromatic carbocycles. The van der Waals surface area contributed by atoms with E-state index in [1.165, 1.54) is 42.7 Å². The van der Waals surface area contributed by atoms with Gasteiger partial charge >= 0.3 is 6.18 Å². The molecule has 3 aromatic heterocycles. The van der Waals surface area contributed by atoms with Crippen LogP contribution in [0.5, 0.6) is 0 Å². The smallest absolute Gasteiger partial charge is 0.378 e. The van der Waals surface area contributed by atoms with Crippen LogP contribution < -0.4 is 15.8 Å². The van der Waals surface area contributed by atoms with Gasteiger partial charge in [-0.25, -0.2) is 9.67 Å². The maximum absolute atomic E-state index is 14.2. The van der Waals surface area contributed by atoms with E-state index in [1.54, 1.807) is 6.07 Å². The van der Waals surface area contributed by atoms with Gasteiger partial charge in [-0.15, -0.1) is 0 Å². The highest BCUT2D eigenvalue weighted by Gasteiger charge is 2.41. The van der Waals surface area contributed by atoms with Gasteiger partial charge < -0.3 is 19.9 Å². The number of carbonyl (C=O) groups is 1. The fourth-order valence-corrected chi connectivity index (χ4v) is 4.02. The number of carbonyl (C=O) groups excluding carboxylic acids is 1. The number of hydrogen-bond acceptors (Lipinski definition) is 6. The number of fused-ring (bicyclic) bond motifs is 1. The van der Waals surface area contributed by atoms with E-state index in [0.29, 0.717) is 42.5 Å². The Morgan fingerprint density at radius 1 is 1.11 bits per heavy atom. The van der Waals surface area contributed by atoms with E-state index in [9.17, 15) is 22.8 Å². The summed E-state index contributed by atoms with van der Waals surface area (Å²) in [6.45, 7) is 2.30. The van der Waals surface area contributed by atoms with E-state index < -0.39 is 28.9 Å². The zero-order chi connectivity index (χ0) is 24.6. The molecule has 0 bridgehead atoms. The number of aromatic nitrogens is 4. The van der Waals surface area contributed by atoms with Crippen molar-refractivity contribution in [1.82, 2.24) is 19.7 Å². The number of halogens is 3. The third-order valence-corrected chi connectivity index (χ3v) is 5.64. The molecular weight excluding hydrogens is 465 g/mol. The summed E-state index contributed by atoms with van der Waals surface area (Å²) in [6, 6.07) is 8.94. The summed E-state index contributed by atoms with van der Waals surface area (Å²) in [5, 5.41) is 6.86. The van der Waals surface area contributed by atoms with Crippen LogP contribution in [0.15, 0.2) is 59.8 Å². The number of amides is 1. The third kappa shape index (κ3) is 4.35. The Kier molecular flexibility index (Phi) is 5.73. The summed E-state index contributed by atoms with van der Waals surface area (Å²) in [5.41, 5.74) is -2.02. The minimum Gasteiger partial charge on any atom is -0.378 e. The first-order valence-electron chi connectivity index (χ1n) is 10.7. The molecule has 1 saturated heterocycles. The molecule has 0 aliphatic carbocycles. The van der Waals surface area contributed by atoms with Crippen molar-refractivity contribution in [1.29, 1.82) is 0 Å². The number of alkyl halides is 3. The van der Waals surface area contributed by atoms with E-state index in [0.717, 1.165) is 6.20 Å². The number of ether oxygens (including phenoxy) is 1. The van der Waals surface area contributed by atoms with Gasteiger partial charge in [0.25, 0.3) is 11.5 Å². The molecule has 12 heteroatoms. The van der Waals surface area contributed by atoms with E-state index in [1.807, 2.05) is 4.90 Å². The van der Waals surface area contributed by atoms with Crippen LogP contribution in [-0.4, -0.2) is 52.0 Å². The van der Waals surface area contributed by atoms with Gasteiger partial charge in [0.15, 0.2) is 5.69 Å². The van der Waals surface area contributed by atoms with Crippen LogP contribution in [0.2, 0.25) is 0 Å². The summed E-state index contributed by atoms with van der Waals surface area (Å²) in [6.07, 6.45) is -1.21. The topological polar surface area (TPSA) is 105 Å². The average molecular weight is 484 g/mol. The first-order chi connectivity index (χ1) is 16.8. The minimum absolute atomic E-state index is 0.0264. The quantitative estimate of drug-likeness (QED) is 0.461. The molecule has 0 saturated carbocycles. The van der Waals surface area contributed by atoms with Crippen molar-refractivity contribution in [3.8, 4) is 5.69 Å². The van der Waals surface area contributed by atoms with Crippen molar-refractivity contribution >= 4 is 28.2 Å². The van der Waals surface area contributed by atoms with Gasteiger partial charge in [0.05, 0.1) is 30.7 Å². The average Bonchev–Trinajstić information content (AvgIpc) is 3.31. The highest BCUT2D eigenvalue weighted by molar-refractivity contribution is 6.05. The van der Waals surface area contributed by atoms with Crippen LogP contribution in [0.25, 0.3) is 16.5 Å². The van der Waals surface area contributed by atoms with Gasteiger partial charge in [-0.1, -0.05) is 6.07 Å². The molecule has 35 heavy (non-hydrogen) atoms. The zero-order valence-electron chi connectivity index (χ0n) is 18.2. The molecule has 0 radical (unpaired) electrons. The zero-order valence-corrected chi connectivity index (χ0v) is 18.2. The lowest BCUT2D eigenvalue weighted by molar-refractivity contribution is -0.143. The van der Waals surface area contributed by atoms with Gasteiger partial charge in [0.1, 0.15) is 5.82 Å². The predicted octanol–water partition coefficient (Wildman–Crippen LogP) is 3.22. The van der Waals surface area contributed by atoms with E-state index >= 15 is 0 Å². The molecule has 180 valence electrons. The highest BCUT2D eigenvalue weighted by Crippen LogP contribution is 2.35. The monoisotopic (exact) mass is 484 g/mol. The lowest BCUT2D eigenvalue weighted by Gasteiger charge is -2.28. The number of nitrogens with one attached hydrogen (secondary N) is 2. The Balaban J connectivity index is 1.52. The Bertz CT molecular complexity index is 1460. The number of rotatable bonds is 4. The molecule has 4 aromatic rings. The molecular formula is C23H19F3N6O3. The number of anilines is 2. The lowest BCUT2D eigenvalue weighted by atomic mass is 10.1. The van der Waals surface area contributed by atoms with Crippen molar-refractivity contribution < 1.29 is 22.7 Å². The second kappa shape index (κ2) is 8.87. The first-order valence-corrected chi connectivity index (χ1v) is 10.7.